The number of pyridine rings is 2. The summed E-state index contributed by atoms with van der Waals surface area (Å²) in [6, 6.07) is 17.9. The summed E-state index contributed by atoms with van der Waals surface area (Å²) in [4.78, 5) is 10.8. The SMILES string of the molecule is FC(F)(F)c1cccc(-n2cccc2[C@@H]2[C@H](c3ccccn3)NC(=S)N2Cc2cccnc2)c1. The van der Waals surface area contributed by atoms with Crippen LogP contribution in [0.4, 0.5) is 13.2 Å². The molecule has 0 unspecified atom stereocenters. The van der Waals surface area contributed by atoms with Gasteiger partial charge in [0.2, 0.25) is 0 Å². The quantitative estimate of drug-likeness (QED) is 0.385. The third-order valence-corrected chi connectivity index (χ3v) is 6.16. The molecule has 1 saturated heterocycles. The van der Waals surface area contributed by atoms with E-state index in [0.717, 1.165) is 29.1 Å². The number of halogens is 3. The van der Waals surface area contributed by atoms with Crippen LogP contribution in [0, 0.1) is 0 Å². The largest absolute Gasteiger partial charge is 0.416 e. The van der Waals surface area contributed by atoms with Gasteiger partial charge in [-0.3, -0.25) is 9.97 Å². The second-order valence-electron chi connectivity index (χ2n) is 7.97. The van der Waals surface area contributed by atoms with Crippen LogP contribution in [-0.4, -0.2) is 24.5 Å². The normalized spacial score (nSPS) is 18.2. The average Bonchev–Trinajstić information content (AvgIpc) is 3.45. The van der Waals surface area contributed by atoms with E-state index in [1.165, 1.54) is 6.07 Å². The van der Waals surface area contributed by atoms with Crippen molar-refractivity contribution in [3.63, 3.8) is 0 Å². The lowest BCUT2D eigenvalue weighted by Crippen LogP contribution is -2.30. The lowest BCUT2D eigenvalue weighted by atomic mass is 10.0. The molecule has 5 rings (SSSR count). The van der Waals surface area contributed by atoms with Gasteiger partial charge in [-0.15, -0.1) is 0 Å². The highest BCUT2D eigenvalue weighted by atomic mass is 32.1. The minimum absolute atomic E-state index is 0.287. The molecule has 0 saturated carbocycles. The lowest BCUT2D eigenvalue weighted by molar-refractivity contribution is -0.137. The van der Waals surface area contributed by atoms with E-state index in [-0.39, 0.29) is 12.1 Å². The monoisotopic (exact) mass is 479 g/mol. The fourth-order valence-electron chi connectivity index (χ4n) is 4.29. The number of alkyl halides is 3. The van der Waals surface area contributed by atoms with E-state index in [4.69, 9.17) is 12.2 Å². The third-order valence-electron chi connectivity index (χ3n) is 5.81. The van der Waals surface area contributed by atoms with Crippen LogP contribution in [0.3, 0.4) is 0 Å². The molecule has 0 aliphatic carbocycles. The zero-order valence-corrected chi connectivity index (χ0v) is 18.7. The molecular weight excluding hydrogens is 459 g/mol. The second kappa shape index (κ2) is 8.90. The fraction of sp³-hybridized carbons (Fsp3) is 0.160. The van der Waals surface area contributed by atoms with Crippen molar-refractivity contribution in [3.05, 3.63) is 114 Å². The average molecular weight is 480 g/mol. The summed E-state index contributed by atoms with van der Waals surface area (Å²) in [6.07, 6.45) is 2.54. The molecule has 1 N–H and O–H groups in total. The Hall–Kier alpha value is -3.72. The number of rotatable bonds is 5. The summed E-state index contributed by atoms with van der Waals surface area (Å²) in [7, 11) is 0. The molecule has 0 amide bonds. The van der Waals surface area contributed by atoms with Gasteiger partial charge in [0, 0.05) is 42.7 Å². The molecule has 0 spiro atoms. The van der Waals surface area contributed by atoms with E-state index in [1.807, 2.05) is 47.4 Å². The molecule has 1 aliphatic heterocycles. The lowest BCUT2D eigenvalue weighted by Gasteiger charge is -2.29. The highest BCUT2D eigenvalue weighted by Gasteiger charge is 2.41. The van der Waals surface area contributed by atoms with Gasteiger partial charge in [-0.05, 0) is 66.3 Å². The zero-order chi connectivity index (χ0) is 23.7. The number of benzene rings is 1. The molecule has 1 fully saturated rings. The van der Waals surface area contributed by atoms with E-state index >= 15 is 0 Å². The molecule has 1 aliphatic rings. The highest BCUT2D eigenvalue weighted by Crippen LogP contribution is 2.40. The van der Waals surface area contributed by atoms with E-state index in [9.17, 15) is 13.2 Å². The number of thiocarbonyl (C=S) groups is 1. The Morgan fingerprint density at radius 1 is 0.971 bits per heavy atom. The summed E-state index contributed by atoms with van der Waals surface area (Å²) >= 11 is 5.71. The summed E-state index contributed by atoms with van der Waals surface area (Å²) in [5, 5.41) is 3.92. The van der Waals surface area contributed by atoms with Crippen molar-refractivity contribution >= 4 is 17.3 Å². The van der Waals surface area contributed by atoms with Crippen LogP contribution in [0.5, 0.6) is 0 Å². The standard InChI is InChI=1S/C25H20F3N5S/c26-25(27,28)18-7-3-8-19(14-18)32-13-5-10-21(32)23-22(20-9-1-2-12-30-20)31-24(34)33(23)16-17-6-4-11-29-15-17/h1-15,22-23H,16H2,(H,31,34)/t22-,23+/m0/s1. The van der Waals surface area contributed by atoms with E-state index in [1.54, 1.807) is 35.4 Å². The molecule has 5 nitrogen and oxygen atoms in total. The zero-order valence-electron chi connectivity index (χ0n) is 17.9. The molecule has 34 heavy (non-hydrogen) atoms. The predicted molar refractivity (Wildman–Crippen MR) is 126 cm³/mol. The first-order chi connectivity index (χ1) is 16.4. The molecule has 3 aromatic heterocycles. The van der Waals surface area contributed by atoms with Gasteiger partial charge in [0.15, 0.2) is 5.11 Å². The Morgan fingerprint density at radius 2 is 1.85 bits per heavy atom. The van der Waals surface area contributed by atoms with Gasteiger partial charge >= 0.3 is 6.18 Å². The number of hydrogen-bond donors (Lipinski definition) is 1. The van der Waals surface area contributed by atoms with Crippen molar-refractivity contribution in [1.82, 2.24) is 24.8 Å². The topological polar surface area (TPSA) is 46.0 Å². The minimum Gasteiger partial charge on any atom is -0.352 e. The summed E-state index contributed by atoms with van der Waals surface area (Å²) in [5.74, 6) is 0. The van der Waals surface area contributed by atoms with Crippen molar-refractivity contribution in [1.29, 1.82) is 0 Å². The van der Waals surface area contributed by atoms with Gasteiger partial charge in [0.25, 0.3) is 0 Å². The van der Waals surface area contributed by atoms with Crippen molar-refractivity contribution in [2.75, 3.05) is 0 Å². The van der Waals surface area contributed by atoms with E-state index in [0.29, 0.717) is 17.3 Å². The maximum absolute atomic E-state index is 13.4. The van der Waals surface area contributed by atoms with Crippen molar-refractivity contribution in [2.24, 2.45) is 0 Å². The highest BCUT2D eigenvalue weighted by molar-refractivity contribution is 7.80. The number of nitrogens with zero attached hydrogens (tertiary/aromatic N) is 4. The van der Waals surface area contributed by atoms with Crippen molar-refractivity contribution in [3.8, 4) is 5.69 Å². The molecule has 9 heteroatoms. The number of hydrogen-bond acceptors (Lipinski definition) is 3. The van der Waals surface area contributed by atoms with Gasteiger partial charge < -0.3 is 14.8 Å². The van der Waals surface area contributed by atoms with Gasteiger partial charge in [0.1, 0.15) is 0 Å². The second-order valence-corrected chi connectivity index (χ2v) is 8.35. The Kier molecular flexibility index (Phi) is 5.79. The minimum atomic E-state index is -4.43. The van der Waals surface area contributed by atoms with Crippen LogP contribution in [0.2, 0.25) is 0 Å². The van der Waals surface area contributed by atoms with Crippen LogP contribution < -0.4 is 5.32 Å². The Morgan fingerprint density at radius 3 is 2.59 bits per heavy atom. The summed E-state index contributed by atoms with van der Waals surface area (Å²) < 4.78 is 42.0. The van der Waals surface area contributed by atoms with E-state index in [2.05, 4.69) is 15.3 Å². The van der Waals surface area contributed by atoms with Gasteiger partial charge in [-0.2, -0.15) is 13.2 Å². The van der Waals surface area contributed by atoms with Crippen molar-refractivity contribution in [2.45, 2.75) is 24.8 Å². The summed E-state index contributed by atoms with van der Waals surface area (Å²) in [6.45, 7) is 0.488. The summed E-state index contributed by atoms with van der Waals surface area (Å²) in [5.41, 5.74) is 2.29. The first kappa shape index (κ1) is 22.1. The van der Waals surface area contributed by atoms with Gasteiger partial charge in [-0.1, -0.05) is 18.2 Å². The maximum atomic E-state index is 13.4. The Bertz CT molecular complexity index is 1290. The van der Waals surface area contributed by atoms with Gasteiger partial charge in [-0.25, -0.2) is 0 Å². The molecule has 0 bridgehead atoms. The van der Waals surface area contributed by atoms with E-state index < -0.39 is 11.7 Å². The first-order valence-corrected chi connectivity index (χ1v) is 11.0. The maximum Gasteiger partial charge on any atom is 0.416 e. The predicted octanol–water partition coefficient (Wildman–Crippen LogP) is 5.46. The molecule has 172 valence electrons. The van der Waals surface area contributed by atoms with Crippen LogP contribution in [-0.2, 0) is 12.7 Å². The first-order valence-electron chi connectivity index (χ1n) is 10.6. The van der Waals surface area contributed by atoms with Crippen molar-refractivity contribution < 1.29 is 13.2 Å². The molecule has 1 aromatic carbocycles. The van der Waals surface area contributed by atoms with Crippen LogP contribution in [0.25, 0.3) is 5.69 Å². The van der Waals surface area contributed by atoms with Crippen LogP contribution >= 0.6 is 12.2 Å². The third kappa shape index (κ3) is 4.26. The number of aromatic nitrogens is 3. The molecule has 0 radical (unpaired) electrons. The number of nitrogens with one attached hydrogen (secondary N) is 1. The fourth-order valence-corrected chi connectivity index (χ4v) is 4.59. The molecular formula is C25H20F3N5S. The van der Waals surface area contributed by atoms with Crippen LogP contribution in [0.15, 0.2) is 91.5 Å². The Labute approximate surface area is 199 Å². The molecule has 4 aromatic rings. The Balaban J connectivity index is 1.60. The molecule has 4 heterocycles. The van der Waals surface area contributed by atoms with Gasteiger partial charge in [0.05, 0.1) is 23.3 Å². The van der Waals surface area contributed by atoms with Crippen LogP contribution in [0.1, 0.15) is 34.6 Å². The smallest absolute Gasteiger partial charge is 0.352 e. The molecule has 2 atom stereocenters.